The van der Waals surface area contributed by atoms with Gasteiger partial charge in [-0.15, -0.1) is 0 Å². The molecule has 0 radical (unpaired) electrons. The summed E-state index contributed by atoms with van der Waals surface area (Å²) < 4.78 is 0. The predicted molar refractivity (Wildman–Crippen MR) is 72.9 cm³/mol. The minimum absolute atomic E-state index is 0.0353. The third-order valence-electron chi connectivity index (χ3n) is 3.09. The van der Waals surface area contributed by atoms with Crippen molar-refractivity contribution in [3.05, 3.63) is 45.7 Å². The van der Waals surface area contributed by atoms with Crippen molar-refractivity contribution in [1.82, 2.24) is 4.98 Å². The van der Waals surface area contributed by atoms with Gasteiger partial charge in [-0.1, -0.05) is 6.07 Å². The lowest BCUT2D eigenvalue weighted by Gasteiger charge is -2.04. The molecule has 3 nitrogen and oxygen atoms in total. The highest BCUT2D eigenvalue weighted by atomic mass is 16.1. The monoisotopic (exact) mass is 243 g/mol. The highest BCUT2D eigenvalue weighted by molar-refractivity contribution is 5.79. The summed E-state index contributed by atoms with van der Waals surface area (Å²) in [6.45, 7) is 3.43. The fraction of sp³-hybridized carbons (Fsp3) is 0.333. The van der Waals surface area contributed by atoms with E-state index in [0.717, 1.165) is 29.3 Å². The molecule has 0 unspecified atom stereocenters. The van der Waals surface area contributed by atoms with Crippen molar-refractivity contribution in [2.24, 2.45) is 0 Å². The zero-order valence-corrected chi connectivity index (χ0v) is 10.7. The van der Waals surface area contributed by atoms with E-state index in [0.29, 0.717) is 6.42 Å². The molecule has 0 amide bonds. The van der Waals surface area contributed by atoms with Crippen molar-refractivity contribution in [2.45, 2.75) is 33.1 Å². The smallest absolute Gasteiger partial charge is 0.251 e. The topological polar surface area (TPSA) is 49.9 Å². The first-order valence-corrected chi connectivity index (χ1v) is 6.18. The number of pyridine rings is 1. The summed E-state index contributed by atoms with van der Waals surface area (Å²) in [6.07, 6.45) is 2.40. The Labute approximate surface area is 106 Å². The molecule has 0 saturated carbocycles. The van der Waals surface area contributed by atoms with Crippen LogP contribution in [0.2, 0.25) is 0 Å². The van der Waals surface area contributed by atoms with Crippen molar-refractivity contribution in [2.75, 3.05) is 0 Å². The Hall–Kier alpha value is -1.90. The van der Waals surface area contributed by atoms with Crippen LogP contribution in [-0.4, -0.2) is 10.8 Å². The maximum absolute atomic E-state index is 11.5. The van der Waals surface area contributed by atoms with Crippen molar-refractivity contribution in [3.63, 3.8) is 0 Å². The molecule has 0 aliphatic heterocycles. The van der Waals surface area contributed by atoms with Crippen LogP contribution in [0.25, 0.3) is 10.9 Å². The van der Waals surface area contributed by atoms with Crippen molar-refractivity contribution >= 4 is 16.7 Å². The number of Topliss-reactive ketones (excluding diaryl/α,β-unsaturated/α-hetero) is 1. The molecule has 0 fully saturated rings. The van der Waals surface area contributed by atoms with Gasteiger partial charge in [-0.2, -0.15) is 0 Å². The van der Waals surface area contributed by atoms with Gasteiger partial charge in [0.2, 0.25) is 0 Å². The summed E-state index contributed by atoms with van der Waals surface area (Å²) in [5.41, 5.74) is 2.76. The first-order chi connectivity index (χ1) is 8.56. The second-order valence-corrected chi connectivity index (χ2v) is 4.76. The Morgan fingerprint density at radius 1 is 1.28 bits per heavy atom. The third-order valence-corrected chi connectivity index (χ3v) is 3.09. The maximum atomic E-state index is 11.5. The van der Waals surface area contributed by atoms with Crippen LogP contribution in [-0.2, 0) is 11.2 Å². The van der Waals surface area contributed by atoms with Gasteiger partial charge >= 0.3 is 0 Å². The molecular formula is C15H17NO2. The molecule has 1 aromatic heterocycles. The van der Waals surface area contributed by atoms with Crippen molar-refractivity contribution < 1.29 is 4.79 Å². The second-order valence-electron chi connectivity index (χ2n) is 4.76. The number of nitrogens with one attached hydrogen (secondary N) is 1. The fourth-order valence-electron chi connectivity index (χ4n) is 2.06. The summed E-state index contributed by atoms with van der Waals surface area (Å²) in [4.78, 5) is 25.2. The number of hydrogen-bond acceptors (Lipinski definition) is 2. The van der Waals surface area contributed by atoms with Gasteiger partial charge in [0.1, 0.15) is 5.78 Å². The molecule has 0 bridgehead atoms. The van der Waals surface area contributed by atoms with Crippen LogP contribution in [0.4, 0.5) is 0 Å². The lowest BCUT2D eigenvalue weighted by atomic mass is 10.0. The minimum atomic E-state index is -0.0353. The molecule has 2 aromatic rings. The van der Waals surface area contributed by atoms with Crippen molar-refractivity contribution in [1.29, 1.82) is 0 Å². The number of ketones is 1. The Morgan fingerprint density at radius 2 is 2.06 bits per heavy atom. The number of H-pyrrole nitrogens is 1. The SMILES string of the molecule is CC(=O)CCCc1ccc2[nH]c(=O)c(C)cc2c1. The average Bonchev–Trinajstić information content (AvgIpc) is 2.30. The quantitative estimate of drug-likeness (QED) is 0.897. The van der Waals surface area contributed by atoms with Gasteiger partial charge < -0.3 is 9.78 Å². The van der Waals surface area contributed by atoms with E-state index in [4.69, 9.17) is 0 Å². The van der Waals surface area contributed by atoms with Gasteiger partial charge in [-0.05, 0) is 55.8 Å². The summed E-state index contributed by atoms with van der Waals surface area (Å²) in [7, 11) is 0. The Balaban J connectivity index is 2.24. The molecule has 94 valence electrons. The number of benzene rings is 1. The van der Waals surface area contributed by atoms with E-state index >= 15 is 0 Å². The number of aromatic amines is 1. The summed E-state index contributed by atoms with van der Waals surface area (Å²) >= 11 is 0. The Kier molecular flexibility index (Phi) is 3.60. The number of aryl methyl sites for hydroxylation is 2. The van der Waals surface area contributed by atoms with E-state index in [1.165, 1.54) is 5.56 Å². The molecule has 2 rings (SSSR count). The van der Waals surface area contributed by atoms with Crippen LogP contribution in [0, 0.1) is 6.92 Å². The largest absolute Gasteiger partial charge is 0.322 e. The highest BCUT2D eigenvalue weighted by Crippen LogP contribution is 2.15. The molecule has 0 saturated heterocycles. The molecule has 0 aliphatic carbocycles. The van der Waals surface area contributed by atoms with Gasteiger partial charge in [0.05, 0.1) is 0 Å². The van der Waals surface area contributed by atoms with Gasteiger partial charge in [-0.3, -0.25) is 4.79 Å². The number of fused-ring (bicyclic) bond motifs is 1. The standard InChI is InChI=1S/C15H17NO2/c1-10-8-13-9-12(5-3-4-11(2)17)6-7-14(13)16-15(10)18/h6-9H,3-5H2,1-2H3,(H,16,18). The van der Waals surface area contributed by atoms with E-state index in [9.17, 15) is 9.59 Å². The molecule has 1 heterocycles. The van der Waals surface area contributed by atoms with Gasteiger partial charge in [0.15, 0.2) is 0 Å². The summed E-state index contributed by atoms with van der Waals surface area (Å²) in [5, 5.41) is 1.05. The van der Waals surface area contributed by atoms with E-state index in [1.54, 1.807) is 13.8 Å². The average molecular weight is 243 g/mol. The fourth-order valence-corrected chi connectivity index (χ4v) is 2.06. The number of carbonyl (C=O) groups excluding carboxylic acids is 1. The molecule has 3 heteroatoms. The molecular weight excluding hydrogens is 226 g/mol. The summed E-state index contributed by atoms with van der Waals surface area (Å²) in [5.74, 6) is 0.232. The second kappa shape index (κ2) is 5.17. The first-order valence-electron chi connectivity index (χ1n) is 6.18. The maximum Gasteiger partial charge on any atom is 0.251 e. The number of aromatic nitrogens is 1. The van der Waals surface area contributed by atoms with E-state index < -0.39 is 0 Å². The first kappa shape index (κ1) is 12.6. The normalized spacial score (nSPS) is 10.8. The zero-order chi connectivity index (χ0) is 13.1. The molecule has 18 heavy (non-hydrogen) atoms. The van der Waals surface area contributed by atoms with E-state index in [1.807, 2.05) is 18.2 Å². The minimum Gasteiger partial charge on any atom is -0.322 e. The molecule has 0 aliphatic rings. The lowest BCUT2D eigenvalue weighted by Crippen LogP contribution is -2.08. The Morgan fingerprint density at radius 3 is 2.78 bits per heavy atom. The molecule has 0 spiro atoms. The number of carbonyl (C=O) groups is 1. The third kappa shape index (κ3) is 2.86. The van der Waals surface area contributed by atoms with Crippen LogP contribution in [0.5, 0.6) is 0 Å². The van der Waals surface area contributed by atoms with Crippen LogP contribution >= 0.6 is 0 Å². The highest BCUT2D eigenvalue weighted by Gasteiger charge is 2.01. The number of rotatable bonds is 4. The van der Waals surface area contributed by atoms with Gasteiger partial charge in [-0.25, -0.2) is 0 Å². The van der Waals surface area contributed by atoms with Crippen molar-refractivity contribution in [3.8, 4) is 0 Å². The van der Waals surface area contributed by atoms with E-state index in [-0.39, 0.29) is 11.3 Å². The molecule has 1 aromatic carbocycles. The van der Waals surface area contributed by atoms with Crippen LogP contribution in [0.1, 0.15) is 30.9 Å². The molecule has 0 atom stereocenters. The predicted octanol–water partition coefficient (Wildman–Crippen LogP) is 2.75. The van der Waals surface area contributed by atoms with Gasteiger partial charge in [0.25, 0.3) is 5.56 Å². The van der Waals surface area contributed by atoms with Crippen LogP contribution in [0.15, 0.2) is 29.1 Å². The lowest BCUT2D eigenvalue weighted by molar-refractivity contribution is -0.117. The zero-order valence-electron chi connectivity index (χ0n) is 10.7. The van der Waals surface area contributed by atoms with Crippen LogP contribution < -0.4 is 5.56 Å². The van der Waals surface area contributed by atoms with Gasteiger partial charge in [0, 0.05) is 17.5 Å². The van der Waals surface area contributed by atoms with E-state index in [2.05, 4.69) is 11.1 Å². The van der Waals surface area contributed by atoms with Crippen LogP contribution in [0.3, 0.4) is 0 Å². The summed E-state index contributed by atoms with van der Waals surface area (Å²) in [6, 6.07) is 7.92. The molecule has 1 N–H and O–H groups in total. The Bertz CT molecular complexity index is 640. The number of hydrogen-bond donors (Lipinski definition) is 1.